The maximum Gasteiger partial charge on any atom is 0.434 e. The standard InChI is InChI=1S/C39H46F5N5O4/c1-3-25(4-2)49-18-31(29-10-9-28(16-32(29)49)53-27-7-5-26(6-8-27)48-19-37(40,41)20-48)34-45-17-30(33(46-34)39(42,43)44)35(50)47-38(36(51)52)23-12-21-11-22(14-23)15-24(38)13-21/h9-10,16-18,21-27H,3-8,11-15,19-20H2,1-2H3,(H,47,50)(H,51,52). The molecule has 0 radical (unpaired) electrons. The highest BCUT2D eigenvalue weighted by Gasteiger charge is 2.62. The van der Waals surface area contributed by atoms with E-state index in [-0.39, 0.29) is 48.9 Å². The lowest BCUT2D eigenvalue weighted by Crippen LogP contribution is -2.70. The van der Waals surface area contributed by atoms with Crippen LogP contribution in [-0.4, -0.2) is 73.1 Å². The van der Waals surface area contributed by atoms with Gasteiger partial charge in [0.05, 0.1) is 30.3 Å². The molecule has 286 valence electrons. The van der Waals surface area contributed by atoms with Crippen molar-refractivity contribution >= 4 is 22.8 Å². The van der Waals surface area contributed by atoms with Crippen molar-refractivity contribution in [2.75, 3.05) is 13.1 Å². The zero-order chi connectivity index (χ0) is 37.4. The molecule has 3 heterocycles. The molecule has 6 fully saturated rings. The number of rotatable bonds is 10. The van der Waals surface area contributed by atoms with E-state index < -0.39 is 40.8 Å². The van der Waals surface area contributed by atoms with Crippen LogP contribution in [0.5, 0.6) is 5.75 Å². The second-order valence-electron chi connectivity index (χ2n) is 16.3. The van der Waals surface area contributed by atoms with Crippen molar-refractivity contribution in [1.29, 1.82) is 0 Å². The summed E-state index contributed by atoms with van der Waals surface area (Å²) in [5.41, 5.74) is -2.73. The van der Waals surface area contributed by atoms with Crippen LogP contribution in [0.25, 0.3) is 22.3 Å². The number of carbonyl (C=O) groups excluding carboxylic acids is 1. The van der Waals surface area contributed by atoms with Crippen molar-refractivity contribution in [3.8, 4) is 17.1 Å². The molecule has 5 saturated carbocycles. The first-order valence-corrected chi connectivity index (χ1v) is 19.1. The van der Waals surface area contributed by atoms with E-state index in [0.29, 0.717) is 54.2 Å². The molecule has 9 nitrogen and oxygen atoms in total. The van der Waals surface area contributed by atoms with Gasteiger partial charge in [-0.05, 0) is 106 Å². The van der Waals surface area contributed by atoms with E-state index in [1.165, 1.54) is 0 Å². The van der Waals surface area contributed by atoms with Crippen molar-refractivity contribution in [2.24, 2.45) is 23.7 Å². The van der Waals surface area contributed by atoms with E-state index in [1.807, 2.05) is 29.4 Å². The smallest absolute Gasteiger partial charge is 0.434 e. The zero-order valence-electron chi connectivity index (χ0n) is 30.0. The Hall–Kier alpha value is -3.81. The van der Waals surface area contributed by atoms with Gasteiger partial charge in [-0.1, -0.05) is 13.8 Å². The fourth-order valence-corrected chi connectivity index (χ4v) is 10.7. The van der Waals surface area contributed by atoms with E-state index in [4.69, 9.17) is 4.74 Å². The Balaban J connectivity index is 1.08. The number of carboxylic acids is 1. The molecule has 14 heteroatoms. The van der Waals surface area contributed by atoms with Crippen LogP contribution in [0.15, 0.2) is 30.6 Å². The largest absolute Gasteiger partial charge is 0.490 e. The second kappa shape index (κ2) is 13.2. The molecular formula is C39H46F5N5O4. The number of ether oxygens (including phenoxy) is 1. The number of carbonyl (C=O) groups is 2. The third-order valence-electron chi connectivity index (χ3n) is 13.1. The number of carboxylic acid groups (broad SMARTS) is 1. The molecule has 1 aliphatic heterocycles. The van der Waals surface area contributed by atoms with E-state index in [0.717, 1.165) is 56.7 Å². The van der Waals surface area contributed by atoms with Gasteiger partial charge >= 0.3 is 12.1 Å². The summed E-state index contributed by atoms with van der Waals surface area (Å²) in [6.45, 7) is 3.69. The average molecular weight is 744 g/mol. The first kappa shape index (κ1) is 36.2. The number of aromatic nitrogens is 3. The highest BCUT2D eigenvalue weighted by Crippen LogP contribution is 2.58. The normalized spacial score (nSPS) is 30.8. The number of amides is 1. The maximum atomic E-state index is 14.7. The Morgan fingerprint density at radius 1 is 1.00 bits per heavy atom. The predicted octanol–water partition coefficient (Wildman–Crippen LogP) is 8.13. The van der Waals surface area contributed by atoms with Gasteiger partial charge in [0.15, 0.2) is 11.5 Å². The number of aliphatic carboxylic acids is 1. The van der Waals surface area contributed by atoms with Crippen LogP contribution >= 0.6 is 0 Å². The van der Waals surface area contributed by atoms with Crippen molar-refractivity contribution in [1.82, 2.24) is 24.8 Å². The van der Waals surface area contributed by atoms with E-state index in [9.17, 15) is 36.6 Å². The van der Waals surface area contributed by atoms with Gasteiger partial charge in [-0.15, -0.1) is 0 Å². The first-order valence-electron chi connectivity index (χ1n) is 19.1. The molecule has 2 N–H and O–H groups in total. The molecule has 0 atom stereocenters. The van der Waals surface area contributed by atoms with Crippen LogP contribution in [0.1, 0.15) is 107 Å². The zero-order valence-corrected chi connectivity index (χ0v) is 30.0. The number of hydrogen-bond donors (Lipinski definition) is 2. The van der Waals surface area contributed by atoms with Gasteiger partial charge in [0, 0.05) is 41.5 Å². The van der Waals surface area contributed by atoms with Gasteiger partial charge in [-0.3, -0.25) is 9.69 Å². The lowest BCUT2D eigenvalue weighted by atomic mass is 9.48. The molecule has 6 aliphatic rings. The number of nitrogens with zero attached hydrogens (tertiary/aromatic N) is 4. The highest BCUT2D eigenvalue weighted by molar-refractivity contribution is 6.00. The van der Waals surface area contributed by atoms with Crippen molar-refractivity contribution in [3.05, 3.63) is 41.9 Å². The summed E-state index contributed by atoms with van der Waals surface area (Å²) in [7, 11) is 0. The van der Waals surface area contributed by atoms with E-state index in [1.54, 1.807) is 18.3 Å². The molecule has 1 aromatic carbocycles. The average Bonchev–Trinajstić information content (AvgIpc) is 3.47. The van der Waals surface area contributed by atoms with Gasteiger partial charge in [0.2, 0.25) is 0 Å². The van der Waals surface area contributed by atoms with Crippen molar-refractivity contribution < 1.29 is 41.4 Å². The summed E-state index contributed by atoms with van der Waals surface area (Å²) in [6.07, 6.45) is 5.62. The molecule has 53 heavy (non-hydrogen) atoms. The topological polar surface area (TPSA) is 110 Å². The highest BCUT2D eigenvalue weighted by atomic mass is 19.4. The number of halogens is 5. The minimum Gasteiger partial charge on any atom is -0.490 e. The molecule has 0 unspecified atom stereocenters. The first-order chi connectivity index (χ1) is 25.2. The Bertz CT molecular complexity index is 1860. The van der Waals surface area contributed by atoms with Crippen LogP contribution in [0.3, 0.4) is 0 Å². The molecule has 1 amide bonds. The summed E-state index contributed by atoms with van der Waals surface area (Å²) in [5.74, 6) is -4.42. The Morgan fingerprint density at radius 3 is 2.21 bits per heavy atom. The van der Waals surface area contributed by atoms with Crippen LogP contribution in [0.4, 0.5) is 22.0 Å². The van der Waals surface area contributed by atoms with Gasteiger partial charge in [-0.25, -0.2) is 23.5 Å². The molecule has 1 saturated heterocycles. The number of fused-ring (bicyclic) bond motifs is 1. The summed E-state index contributed by atoms with van der Waals surface area (Å²) in [4.78, 5) is 36.7. The third-order valence-corrected chi connectivity index (χ3v) is 13.1. The van der Waals surface area contributed by atoms with E-state index >= 15 is 0 Å². The Kier molecular flexibility index (Phi) is 9.01. The van der Waals surface area contributed by atoms with Crippen LogP contribution in [0.2, 0.25) is 0 Å². The van der Waals surface area contributed by atoms with E-state index in [2.05, 4.69) is 15.3 Å². The predicted molar refractivity (Wildman–Crippen MR) is 186 cm³/mol. The van der Waals surface area contributed by atoms with Crippen LogP contribution in [-0.2, 0) is 11.0 Å². The third kappa shape index (κ3) is 6.36. The summed E-state index contributed by atoms with van der Waals surface area (Å²) in [6, 6.07) is 5.58. The fourth-order valence-electron chi connectivity index (χ4n) is 10.7. The molecule has 9 rings (SSSR count). The summed E-state index contributed by atoms with van der Waals surface area (Å²) < 4.78 is 79.4. The summed E-state index contributed by atoms with van der Waals surface area (Å²) in [5, 5.41) is 13.7. The van der Waals surface area contributed by atoms with Gasteiger partial charge in [0.1, 0.15) is 11.3 Å². The van der Waals surface area contributed by atoms with Gasteiger partial charge in [0.25, 0.3) is 11.8 Å². The van der Waals surface area contributed by atoms with Crippen LogP contribution < -0.4 is 10.1 Å². The Labute approximate surface area is 304 Å². The minimum absolute atomic E-state index is 0.0203. The van der Waals surface area contributed by atoms with Crippen molar-refractivity contribution in [2.45, 2.75) is 120 Å². The quantitative estimate of drug-likeness (QED) is 0.202. The molecule has 2 aromatic heterocycles. The molecule has 5 aliphatic carbocycles. The van der Waals surface area contributed by atoms with Gasteiger partial charge in [-0.2, -0.15) is 13.2 Å². The molecule has 3 aromatic rings. The maximum absolute atomic E-state index is 14.7. The van der Waals surface area contributed by atoms with Gasteiger partial charge < -0.3 is 19.7 Å². The lowest BCUT2D eigenvalue weighted by Gasteiger charge is -2.59. The fraction of sp³-hybridized carbons (Fsp3) is 0.641. The molecular weight excluding hydrogens is 697 g/mol. The Morgan fingerprint density at radius 2 is 1.64 bits per heavy atom. The number of nitrogens with one attached hydrogen (secondary N) is 1. The number of likely N-dealkylation sites (tertiary alicyclic amines) is 1. The molecule has 4 bridgehead atoms. The van der Waals surface area contributed by atoms with Crippen molar-refractivity contribution in [3.63, 3.8) is 0 Å². The monoisotopic (exact) mass is 743 g/mol. The number of benzene rings is 1. The second-order valence-corrected chi connectivity index (χ2v) is 16.3. The van der Waals surface area contributed by atoms with Crippen LogP contribution in [0, 0.1) is 23.7 Å². The minimum atomic E-state index is -5.02. The SMILES string of the molecule is CCC(CC)n1cc(-c2ncc(C(=O)NC3(C(=O)O)C4CC5CC(C4)CC3C5)c(C(F)(F)F)n2)c2ccc(OC3CCC(N4CC(F)(F)C4)CC3)cc21. The molecule has 0 spiro atoms. The number of alkyl halides is 5. The lowest BCUT2D eigenvalue weighted by molar-refractivity contribution is -0.163. The summed E-state index contributed by atoms with van der Waals surface area (Å²) >= 11 is 0. The number of hydrogen-bond acceptors (Lipinski definition) is 6.